The molecule has 0 aliphatic heterocycles. The van der Waals surface area contributed by atoms with Gasteiger partial charge in [-0.15, -0.1) is 0 Å². The molecule has 0 bridgehead atoms. The fourth-order valence-corrected chi connectivity index (χ4v) is 3.26. The number of fused-ring (bicyclic) bond motifs is 1. The molecule has 0 spiro atoms. The van der Waals surface area contributed by atoms with Crippen LogP contribution in [0.3, 0.4) is 0 Å². The summed E-state index contributed by atoms with van der Waals surface area (Å²) in [6.45, 7) is 1.60. The average Bonchev–Trinajstić information content (AvgIpc) is 2.97. The maximum atomic E-state index is 12.8. The standard InChI is InChI=1S/C16H13F3NO3P/c1-2-24(21,22)12-6-7-14-13(9-12)20-15(23-14)10-4-3-5-11(8-10)16(17,18)19/h3-9H,2H2,1H3,(H,21,22). The summed E-state index contributed by atoms with van der Waals surface area (Å²) in [6.07, 6.45) is -4.38. The van der Waals surface area contributed by atoms with Crippen molar-refractivity contribution in [2.24, 2.45) is 0 Å². The van der Waals surface area contributed by atoms with Gasteiger partial charge in [-0.1, -0.05) is 13.0 Å². The van der Waals surface area contributed by atoms with Crippen molar-refractivity contribution in [2.45, 2.75) is 13.1 Å². The third-order valence-electron chi connectivity index (χ3n) is 3.64. The van der Waals surface area contributed by atoms with Crippen LogP contribution in [-0.4, -0.2) is 16.0 Å². The van der Waals surface area contributed by atoms with Crippen LogP contribution in [0.15, 0.2) is 46.9 Å². The van der Waals surface area contributed by atoms with Crippen molar-refractivity contribution in [3.63, 3.8) is 0 Å². The third-order valence-corrected chi connectivity index (χ3v) is 5.58. The predicted octanol–water partition coefficient (Wildman–Crippen LogP) is 4.43. The lowest BCUT2D eigenvalue weighted by Crippen LogP contribution is -2.05. The fourth-order valence-electron chi connectivity index (χ4n) is 2.27. The number of halogens is 3. The summed E-state index contributed by atoms with van der Waals surface area (Å²) in [5.41, 5.74) is 0.0453. The van der Waals surface area contributed by atoms with Crippen LogP contribution in [0, 0.1) is 0 Å². The first kappa shape index (κ1) is 16.7. The van der Waals surface area contributed by atoms with Crippen LogP contribution in [0.4, 0.5) is 13.2 Å². The molecule has 1 aromatic heterocycles. The van der Waals surface area contributed by atoms with Crippen molar-refractivity contribution >= 4 is 23.8 Å². The lowest BCUT2D eigenvalue weighted by atomic mass is 10.1. The number of benzene rings is 2. The molecule has 3 rings (SSSR count). The smallest absolute Gasteiger partial charge is 0.416 e. The SMILES string of the molecule is CCP(=O)(O)c1ccc2oc(-c3cccc(C(F)(F)F)c3)nc2c1. The van der Waals surface area contributed by atoms with Gasteiger partial charge in [0.15, 0.2) is 5.58 Å². The molecule has 1 unspecified atom stereocenters. The summed E-state index contributed by atoms with van der Waals surface area (Å²) in [7, 11) is -3.45. The van der Waals surface area contributed by atoms with Crippen LogP contribution in [-0.2, 0) is 10.7 Å². The fraction of sp³-hybridized carbons (Fsp3) is 0.188. The average molecular weight is 355 g/mol. The Hall–Kier alpha value is -2.11. The molecule has 3 aromatic rings. The number of alkyl halides is 3. The van der Waals surface area contributed by atoms with E-state index in [1.807, 2.05) is 0 Å². The first-order chi connectivity index (χ1) is 11.2. The van der Waals surface area contributed by atoms with E-state index >= 15 is 0 Å². The van der Waals surface area contributed by atoms with Gasteiger partial charge in [-0.2, -0.15) is 13.2 Å². The molecule has 0 aliphatic carbocycles. The highest BCUT2D eigenvalue weighted by Crippen LogP contribution is 2.39. The summed E-state index contributed by atoms with van der Waals surface area (Å²) in [5.74, 6) is 0.0255. The van der Waals surface area contributed by atoms with E-state index in [1.165, 1.54) is 30.3 Å². The minimum Gasteiger partial charge on any atom is -0.436 e. The van der Waals surface area contributed by atoms with Crippen LogP contribution >= 0.6 is 7.37 Å². The molecule has 0 saturated heterocycles. The molecule has 8 heteroatoms. The molecule has 0 amide bonds. The Labute approximate surface area is 135 Å². The van der Waals surface area contributed by atoms with Crippen LogP contribution in [0.25, 0.3) is 22.6 Å². The Morgan fingerprint density at radius 1 is 1.21 bits per heavy atom. The number of oxazole rings is 1. The molecule has 1 atom stereocenters. The van der Waals surface area contributed by atoms with Gasteiger partial charge in [-0.3, -0.25) is 4.57 Å². The topological polar surface area (TPSA) is 63.3 Å². The second-order valence-corrected chi connectivity index (χ2v) is 7.82. The van der Waals surface area contributed by atoms with E-state index in [-0.39, 0.29) is 22.9 Å². The zero-order chi connectivity index (χ0) is 17.5. The van der Waals surface area contributed by atoms with E-state index in [4.69, 9.17) is 4.42 Å². The summed E-state index contributed by atoms with van der Waals surface area (Å²) >= 11 is 0. The maximum absolute atomic E-state index is 12.8. The van der Waals surface area contributed by atoms with Gasteiger partial charge in [0.05, 0.1) is 5.56 Å². The Kier molecular flexibility index (Phi) is 4.01. The van der Waals surface area contributed by atoms with Crippen molar-refractivity contribution in [2.75, 3.05) is 6.16 Å². The van der Waals surface area contributed by atoms with Gasteiger partial charge in [0.1, 0.15) is 5.52 Å². The van der Waals surface area contributed by atoms with Gasteiger partial charge in [-0.05, 0) is 36.4 Å². The van der Waals surface area contributed by atoms with Crippen molar-refractivity contribution in [1.29, 1.82) is 0 Å². The normalized spacial score (nSPS) is 14.7. The number of rotatable bonds is 3. The van der Waals surface area contributed by atoms with E-state index in [9.17, 15) is 22.6 Å². The van der Waals surface area contributed by atoms with Gasteiger partial charge in [-0.25, -0.2) is 4.98 Å². The number of nitrogens with zero attached hydrogens (tertiary/aromatic N) is 1. The molecule has 24 heavy (non-hydrogen) atoms. The molecule has 1 N–H and O–H groups in total. The number of aromatic nitrogens is 1. The van der Waals surface area contributed by atoms with Crippen molar-refractivity contribution in [1.82, 2.24) is 4.98 Å². The minimum atomic E-state index is -4.46. The first-order valence-corrected chi connectivity index (χ1v) is 8.96. The summed E-state index contributed by atoms with van der Waals surface area (Å²) in [5, 5.41) is 0.237. The van der Waals surface area contributed by atoms with E-state index in [0.29, 0.717) is 11.1 Å². The van der Waals surface area contributed by atoms with Gasteiger partial charge in [0.2, 0.25) is 13.3 Å². The predicted molar refractivity (Wildman–Crippen MR) is 84.4 cm³/mol. The molecule has 0 radical (unpaired) electrons. The van der Waals surface area contributed by atoms with Gasteiger partial charge >= 0.3 is 6.18 Å². The van der Waals surface area contributed by atoms with Crippen LogP contribution < -0.4 is 5.30 Å². The quantitative estimate of drug-likeness (QED) is 0.706. The van der Waals surface area contributed by atoms with Crippen LogP contribution in [0.5, 0.6) is 0 Å². The van der Waals surface area contributed by atoms with Crippen molar-refractivity contribution < 1.29 is 27.0 Å². The Morgan fingerprint density at radius 3 is 2.62 bits per heavy atom. The van der Waals surface area contributed by atoms with Gasteiger partial charge in [0, 0.05) is 17.0 Å². The Morgan fingerprint density at radius 2 is 1.96 bits per heavy atom. The van der Waals surface area contributed by atoms with Gasteiger partial charge < -0.3 is 9.31 Å². The van der Waals surface area contributed by atoms with E-state index in [1.54, 1.807) is 6.92 Å². The Bertz CT molecular complexity index is 949. The highest BCUT2D eigenvalue weighted by atomic mass is 31.2. The molecule has 126 valence electrons. The van der Waals surface area contributed by atoms with Crippen LogP contribution in [0.1, 0.15) is 12.5 Å². The van der Waals surface area contributed by atoms with E-state index < -0.39 is 19.1 Å². The molecule has 1 heterocycles. The van der Waals surface area contributed by atoms with Crippen molar-refractivity contribution in [3.05, 3.63) is 48.0 Å². The zero-order valence-corrected chi connectivity index (χ0v) is 13.4. The number of hydrogen-bond acceptors (Lipinski definition) is 3. The third kappa shape index (κ3) is 3.09. The second-order valence-electron chi connectivity index (χ2n) is 5.27. The zero-order valence-electron chi connectivity index (χ0n) is 12.5. The number of hydrogen-bond donors (Lipinski definition) is 1. The highest BCUT2D eigenvalue weighted by Gasteiger charge is 2.30. The van der Waals surface area contributed by atoms with Crippen LogP contribution in [0.2, 0.25) is 0 Å². The molecule has 2 aromatic carbocycles. The van der Waals surface area contributed by atoms with Crippen molar-refractivity contribution in [3.8, 4) is 11.5 Å². The summed E-state index contributed by atoms with van der Waals surface area (Å²) in [4.78, 5) is 14.0. The molecular weight excluding hydrogens is 342 g/mol. The Balaban J connectivity index is 2.07. The molecule has 4 nitrogen and oxygen atoms in total. The minimum absolute atomic E-state index is 0.0255. The lowest BCUT2D eigenvalue weighted by molar-refractivity contribution is -0.137. The maximum Gasteiger partial charge on any atom is 0.416 e. The molecule has 0 saturated carbocycles. The first-order valence-electron chi connectivity index (χ1n) is 7.11. The summed E-state index contributed by atoms with van der Waals surface area (Å²) < 4.78 is 55.9. The molecule has 0 aliphatic rings. The molecular formula is C16H13F3NO3P. The van der Waals surface area contributed by atoms with E-state index in [2.05, 4.69) is 4.98 Å². The largest absolute Gasteiger partial charge is 0.436 e. The molecule has 0 fully saturated rings. The monoisotopic (exact) mass is 355 g/mol. The highest BCUT2D eigenvalue weighted by molar-refractivity contribution is 7.66. The lowest BCUT2D eigenvalue weighted by Gasteiger charge is -2.07. The van der Waals surface area contributed by atoms with Gasteiger partial charge in [0.25, 0.3) is 0 Å². The summed E-state index contributed by atoms with van der Waals surface area (Å²) in [6, 6.07) is 9.05. The second kappa shape index (κ2) is 5.76. The van der Waals surface area contributed by atoms with E-state index in [0.717, 1.165) is 12.1 Å².